The highest BCUT2D eigenvalue weighted by Gasteiger charge is 2.26. The van der Waals surface area contributed by atoms with Crippen LogP contribution in [0, 0.1) is 5.92 Å². The summed E-state index contributed by atoms with van der Waals surface area (Å²) in [5.74, 6) is 0.663. The van der Waals surface area contributed by atoms with Gasteiger partial charge in [0.25, 0.3) is 5.91 Å². The van der Waals surface area contributed by atoms with Gasteiger partial charge in [-0.1, -0.05) is 25.1 Å². The predicted molar refractivity (Wildman–Crippen MR) is 109 cm³/mol. The van der Waals surface area contributed by atoms with E-state index in [1.807, 2.05) is 18.2 Å². The minimum atomic E-state index is -0.113. The average Bonchev–Trinajstić information content (AvgIpc) is 3.44. The van der Waals surface area contributed by atoms with Crippen molar-refractivity contribution in [3.63, 3.8) is 0 Å². The first-order valence-electron chi connectivity index (χ1n) is 9.60. The first-order valence-corrected chi connectivity index (χ1v) is 10.5. The number of tetrazole rings is 1. The van der Waals surface area contributed by atoms with Gasteiger partial charge in [0, 0.05) is 11.4 Å². The summed E-state index contributed by atoms with van der Waals surface area (Å²) in [5.41, 5.74) is 1.23. The van der Waals surface area contributed by atoms with Gasteiger partial charge in [-0.15, -0.1) is 16.4 Å². The number of likely N-dealkylation sites (tertiary alicyclic amines) is 1. The monoisotopic (exact) mass is 396 g/mol. The fourth-order valence-electron chi connectivity index (χ4n) is 3.65. The lowest BCUT2D eigenvalue weighted by Crippen LogP contribution is -2.41. The summed E-state index contributed by atoms with van der Waals surface area (Å²) in [4.78, 5) is 16.8. The molecule has 0 saturated carbocycles. The van der Waals surface area contributed by atoms with Crippen LogP contribution in [0.3, 0.4) is 0 Å². The highest BCUT2D eigenvalue weighted by molar-refractivity contribution is 7.10. The highest BCUT2D eigenvalue weighted by Crippen LogP contribution is 2.29. The van der Waals surface area contributed by atoms with Crippen LogP contribution < -0.4 is 5.32 Å². The van der Waals surface area contributed by atoms with Crippen LogP contribution in [0.2, 0.25) is 0 Å². The summed E-state index contributed by atoms with van der Waals surface area (Å²) in [6, 6.07) is 11.8. The van der Waals surface area contributed by atoms with Crippen LogP contribution >= 0.6 is 11.3 Å². The van der Waals surface area contributed by atoms with E-state index in [2.05, 4.69) is 50.2 Å². The Hall–Kier alpha value is -2.58. The number of nitrogens with zero attached hydrogens (tertiary/aromatic N) is 5. The minimum absolute atomic E-state index is 0.113. The molecule has 0 aliphatic carbocycles. The number of nitrogens with one attached hydrogen (secondary N) is 1. The quantitative estimate of drug-likeness (QED) is 0.693. The zero-order valence-corrected chi connectivity index (χ0v) is 16.7. The Labute approximate surface area is 168 Å². The molecular weight excluding hydrogens is 372 g/mol. The molecule has 28 heavy (non-hydrogen) atoms. The molecule has 8 heteroatoms. The van der Waals surface area contributed by atoms with E-state index < -0.39 is 0 Å². The van der Waals surface area contributed by atoms with Crippen LogP contribution in [-0.2, 0) is 0 Å². The Morgan fingerprint density at radius 3 is 2.79 bits per heavy atom. The van der Waals surface area contributed by atoms with Gasteiger partial charge < -0.3 is 5.32 Å². The fourth-order valence-corrected chi connectivity index (χ4v) is 4.51. The van der Waals surface area contributed by atoms with Crippen LogP contribution in [0.25, 0.3) is 5.69 Å². The number of piperidine rings is 1. The molecule has 1 atom stereocenters. The van der Waals surface area contributed by atoms with Crippen LogP contribution in [0.1, 0.15) is 41.0 Å². The van der Waals surface area contributed by atoms with Crippen molar-refractivity contribution in [2.75, 3.05) is 19.6 Å². The first-order chi connectivity index (χ1) is 13.7. The predicted octanol–water partition coefficient (Wildman–Crippen LogP) is 2.93. The Morgan fingerprint density at radius 2 is 2.07 bits per heavy atom. The van der Waals surface area contributed by atoms with Crippen LogP contribution in [0.5, 0.6) is 0 Å². The number of aromatic nitrogens is 4. The summed E-state index contributed by atoms with van der Waals surface area (Å²) < 4.78 is 1.51. The van der Waals surface area contributed by atoms with Gasteiger partial charge >= 0.3 is 0 Å². The van der Waals surface area contributed by atoms with Crippen LogP contribution in [0.4, 0.5) is 0 Å². The van der Waals surface area contributed by atoms with Crippen molar-refractivity contribution >= 4 is 17.2 Å². The molecule has 3 aromatic rings. The second-order valence-electron chi connectivity index (χ2n) is 7.23. The second-order valence-corrected chi connectivity index (χ2v) is 8.21. The van der Waals surface area contributed by atoms with E-state index in [9.17, 15) is 4.79 Å². The third-order valence-electron chi connectivity index (χ3n) is 5.33. The van der Waals surface area contributed by atoms with Gasteiger partial charge in [0.1, 0.15) is 6.33 Å². The molecule has 0 spiro atoms. The van der Waals surface area contributed by atoms with E-state index in [1.54, 1.807) is 17.4 Å². The van der Waals surface area contributed by atoms with E-state index in [0.717, 1.165) is 19.0 Å². The number of para-hydroxylation sites is 1. The molecule has 1 N–H and O–H groups in total. The van der Waals surface area contributed by atoms with E-state index in [4.69, 9.17) is 0 Å². The second kappa shape index (κ2) is 8.62. The average molecular weight is 397 g/mol. The Morgan fingerprint density at radius 1 is 1.25 bits per heavy atom. The largest absolute Gasteiger partial charge is 0.350 e. The van der Waals surface area contributed by atoms with Gasteiger partial charge in [0.2, 0.25) is 0 Å². The molecule has 2 aromatic heterocycles. The lowest BCUT2D eigenvalue weighted by atomic mass is 9.97. The maximum absolute atomic E-state index is 13.0. The third kappa shape index (κ3) is 4.13. The highest BCUT2D eigenvalue weighted by atomic mass is 32.1. The van der Waals surface area contributed by atoms with Gasteiger partial charge in [0.15, 0.2) is 0 Å². The molecule has 1 aliphatic heterocycles. The molecular formula is C20H24N6OS. The third-order valence-corrected chi connectivity index (χ3v) is 6.30. The Kier molecular flexibility index (Phi) is 5.78. The Bertz CT molecular complexity index is 887. The molecule has 7 nitrogen and oxygen atoms in total. The van der Waals surface area contributed by atoms with E-state index in [-0.39, 0.29) is 11.9 Å². The van der Waals surface area contributed by atoms with Gasteiger partial charge in [-0.3, -0.25) is 9.69 Å². The van der Waals surface area contributed by atoms with Crippen LogP contribution in [0.15, 0.2) is 48.1 Å². The molecule has 1 aromatic carbocycles. The standard InChI is InChI=1S/C20H24N6OS/c1-15-8-10-25(11-9-15)18(19-7-4-12-28-19)13-21-20(27)16-5-2-3-6-17(16)26-14-22-23-24-26/h2-7,12,14-15,18H,8-11,13H2,1H3,(H,21,27). The summed E-state index contributed by atoms with van der Waals surface area (Å²) in [5, 5.41) is 16.5. The maximum atomic E-state index is 13.0. The molecule has 0 radical (unpaired) electrons. The van der Waals surface area contributed by atoms with Crippen molar-refractivity contribution in [1.29, 1.82) is 0 Å². The van der Waals surface area contributed by atoms with Crippen molar-refractivity contribution in [2.45, 2.75) is 25.8 Å². The number of amides is 1. The lowest BCUT2D eigenvalue weighted by molar-refractivity contribution is 0.0914. The van der Waals surface area contributed by atoms with Gasteiger partial charge in [-0.05, 0) is 65.9 Å². The first kappa shape index (κ1) is 18.8. The van der Waals surface area contributed by atoms with Crippen LogP contribution in [-0.4, -0.2) is 50.6 Å². The molecule has 1 saturated heterocycles. The van der Waals surface area contributed by atoms with E-state index >= 15 is 0 Å². The topological polar surface area (TPSA) is 75.9 Å². The minimum Gasteiger partial charge on any atom is -0.350 e. The number of thiophene rings is 1. The fraction of sp³-hybridized carbons (Fsp3) is 0.400. The molecule has 0 bridgehead atoms. The van der Waals surface area contributed by atoms with E-state index in [1.165, 1.54) is 28.7 Å². The number of hydrogen-bond acceptors (Lipinski definition) is 6. The van der Waals surface area contributed by atoms with Crippen molar-refractivity contribution < 1.29 is 4.79 Å². The van der Waals surface area contributed by atoms with E-state index in [0.29, 0.717) is 17.8 Å². The van der Waals surface area contributed by atoms with Crippen molar-refractivity contribution in [3.8, 4) is 5.69 Å². The summed E-state index contributed by atoms with van der Waals surface area (Å²) in [6.07, 6.45) is 3.91. The number of hydrogen-bond donors (Lipinski definition) is 1. The smallest absolute Gasteiger partial charge is 0.253 e. The number of carbonyl (C=O) groups excluding carboxylic acids is 1. The van der Waals surface area contributed by atoms with Crippen molar-refractivity contribution in [2.24, 2.45) is 5.92 Å². The van der Waals surface area contributed by atoms with Crippen molar-refractivity contribution in [3.05, 3.63) is 58.5 Å². The zero-order chi connectivity index (χ0) is 19.3. The Balaban J connectivity index is 1.50. The molecule has 1 fully saturated rings. The zero-order valence-electron chi connectivity index (χ0n) is 15.9. The summed E-state index contributed by atoms with van der Waals surface area (Å²) in [7, 11) is 0. The molecule has 1 aliphatic rings. The van der Waals surface area contributed by atoms with Gasteiger partial charge in [0.05, 0.1) is 17.3 Å². The number of rotatable bonds is 6. The van der Waals surface area contributed by atoms with Gasteiger partial charge in [-0.2, -0.15) is 4.68 Å². The molecule has 146 valence electrons. The number of carbonyl (C=O) groups is 1. The molecule has 1 amide bonds. The molecule has 1 unspecified atom stereocenters. The summed E-state index contributed by atoms with van der Waals surface area (Å²) >= 11 is 1.75. The maximum Gasteiger partial charge on any atom is 0.253 e. The molecule has 4 rings (SSSR count). The molecule has 3 heterocycles. The van der Waals surface area contributed by atoms with Crippen molar-refractivity contribution in [1.82, 2.24) is 30.4 Å². The summed E-state index contributed by atoms with van der Waals surface area (Å²) in [6.45, 7) is 5.04. The number of benzene rings is 1. The normalized spacial score (nSPS) is 16.8. The SMILES string of the molecule is CC1CCN(C(CNC(=O)c2ccccc2-n2cnnn2)c2cccs2)CC1. The van der Waals surface area contributed by atoms with Gasteiger partial charge in [-0.25, -0.2) is 0 Å². The lowest BCUT2D eigenvalue weighted by Gasteiger charge is -2.36.